The minimum atomic E-state index is -0.318. The van der Waals surface area contributed by atoms with Gasteiger partial charge in [-0.15, -0.1) is 0 Å². The number of halogens is 1. The standard InChI is InChI=1S/C15H17ClN2O/c1-10-6-7-14(12(16)9-10)19-15(11(2)17)13-5-3-4-8-18-13/h3-9,11,15H,17H2,1-2H3. The summed E-state index contributed by atoms with van der Waals surface area (Å²) >= 11 is 6.18. The Morgan fingerprint density at radius 2 is 2.05 bits per heavy atom. The van der Waals surface area contributed by atoms with Crippen LogP contribution in [-0.2, 0) is 0 Å². The van der Waals surface area contributed by atoms with E-state index in [2.05, 4.69) is 4.98 Å². The van der Waals surface area contributed by atoms with E-state index >= 15 is 0 Å². The SMILES string of the molecule is Cc1ccc(OC(c2ccccn2)C(C)N)c(Cl)c1. The maximum absolute atomic E-state index is 6.18. The molecule has 2 atom stereocenters. The second-order valence-electron chi connectivity index (χ2n) is 4.59. The molecule has 2 aromatic rings. The summed E-state index contributed by atoms with van der Waals surface area (Å²) in [5.74, 6) is 0.625. The third kappa shape index (κ3) is 3.46. The van der Waals surface area contributed by atoms with Crippen LogP contribution in [0.15, 0.2) is 42.6 Å². The van der Waals surface area contributed by atoms with Gasteiger partial charge in [0.25, 0.3) is 0 Å². The van der Waals surface area contributed by atoms with Crippen molar-refractivity contribution < 1.29 is 4.74 Å². The molecule has 1 aromatic carbocycles. The molecule has 19 heavy (non-hydrogen) atoms. The highest BCUT2D eigenvalue weighted by molar-refractivity contribution is 6.32. The summed E-state index contributed by atoms with van der Waals surface area (Å²) < 4.78 is 5.93. The number of nitrogens with two attached hydrogens (primary N) is 1. The van der Waals surface area contributed by atoms with E-state index in [-0.39, 0.29) is 12.1 Å². The van der Waals surface area contributed by atoms with Crippen LogP contribution in [-0.4, -0.2) is 11.0 Å². The molecule has 3 nitrogen and oxygen atoms in total. The van der Waals surface area contributed by atoms with Crippen molar-refractivity contribution in [1.82, 2.24) is 4.98 Å². The second kappa shape index (κ2) is 6.04. The third-order valence-electron chi connectivity index (χ3n) is 2.80. The Kier molecular flexibility index (Phi) is 4.40. The molecule has 0 spiro atoms. The van der Waals surface area contributed by atoms with Crippen molar-refractivity contribution in [2.75, 3.05) is 0 Å². The van der Waals surface area contributed by atoms with Crippen molar-refractivity contribution in [2.45, 2.75) is 26.0 Å². The average Bonchev–Trinajstić information content (AvgIpc) is 2.38. The van der Waals surface area contributed by atoms with Crippen LogP contribution >= 0.6 is 11.6 Å². The largest absolute Gasteiger partial charge is 0.481 e. The fourth-order valence-electron chi connectivity index (χ4n) is 1.82. The first-order valence-electron chi connectivity index (χ1n) is 6.17. The first-order chi connectivity index (χ1) is 9.08. The fraction of sp³-hybridized carbons (Fsp3) is 0.267. The van der Waals surface area contributed by atoms with Gasteiger partial charge < -0.3 is 10.5 Å². The number of aromatic nitrogens is 1. The van der Waals surface area contributed by atoms with Crippen LogP contribution in [0.3, 0.4) is 0 Å². The monoisotopic (exact) mass is 276 g/mol. The molecule has 4 heteroatoms. The summed E-state index contributed by atoms with van der Waals surface area (Å²) in [4.78, 5) is 4.30. The molecule has 0 bridgehead atoms. The number of rotatable bonds is 4. The number of hydrogen-bond acceptors (Lipinski definition) is 3. The summed E-state index contributed by atoms with van der Waals surface area (Å²) in [6, 6.07) is 11.2. The lowest BCUT2D eigenvalue weighted by Gasteiger charge is -2.22. The highest BCUT2D eigenvalue weighted by Crippen LogP contribution is 2.30. The summed E-state index contributed by atoms with van der Waals surface area (Å²) in [5.41, 5.74) is 7.88. The van der Waals surface area contributed by atoms with Gasteiger partial charge in [0, 0.05) is 12.2 Å². The Morgan fingerprint density at radius 3 is 2.63 bits per heavy atom. The molecule has 2 N–H and O–H groups in total. The number of ether oxygens (including phenoxy) is 1. The lowest BCUT2D eigenvalue weighted by atomic mass is 10.1. The van der Waals surface area contributed by atoms with Crippen molar-refractivity contribution in [3.63, 3.8) is 0 Å². The van der Waals surface area contributed by atoms with Crippen LogP contribution in [0.2, 0.25) is 5.02 Å². The number of pyridine rings is 1. The predicted octanol–water partition coefficient (Wildman–Crippen LogP) is 3.51. The lowest BCUT2D eigenvalue weighted by molar-refractivity contribution is 0.176. The van der Waals surface area contributed by atoms with E-state index in [4.69, 9.17) is 22.1 Å². The Bertz CT molecular complexity index is 543. The number of benzene rings is 1. The molecule has 0 aliphatic carbocycles. The summed E-state index contributed by atoms with van der Waals surface area (Å²) in [7, 11) is 0. The van der Waals surface area contributed by atoms with Crippen molar-refractivity contribution in [1.29, 1.82) is 0 Å². The van der Waals surface area contributed by atoms with Crippen molar-refractivity contribution in [3.05, 3.63) is 58.9 Å². The molecule has 0 fully saturated rings. The molecule has 0 aliphatic rings. The topological polar surface area (TPSA) is 48.1 Å². The number of hydrogen-bond donors (Lipinski definition) is 1. The van der Waals surface area contributed by atoms with Crippen molar-refractivity contribution >= 4 is 11.6 Å². The van der Waals surface area contributed by atoms with E-state index in [0.29, 0.717) is 10.8 Å². The smallest absolute Gasteiger partial charge is 0.155 e. The fourth-order valence-corrected chi connectivity index (χ4v) is 2.10. The van der Waals surface area contributed by atoms with Gasteiger partial charge in [-0.3, -0.25) is 4.98 Å². The molecule has 2 unspecified atom stereocenters. The number of aryl methyl sites for hydroxylation is 1. The molecule has 1 aromatic heterocycles. The molecule has 0 saturated heterocycles. The van der Waals surface area contributed by atoms with Gasteiger partial charge >= 0.3 is 0 Å². The van der Waals surface area contributed by atoms with Gasteiger partial charge in [0.15, 0.2) is 6.10 Å². The van der Waals surface area contributed by atoms with Gasteiger partial charge in [-0.1, -0.05) is 23.7 Å². The van der Waals surface area contributed by atoms with Gasteiger partial charge in [-0.2, -0.15) is 0 Å². The van der Waals surface area contributed by atoms with Crippen LogP contribution in [0.25, 0.3) is 0 Å². The zero-order valence-corrected chi connectivity index (χ0v) is 11.8. The van der Waals surface area contributed by atoms with E-state index in [0.717, 1.165) is 11.3 Å². The Balaban J connectivity index is 2.27. The van der Waals surface area contributed by atoms with Gasteiger partial charge in [0.2, 0.25) is 0 Å². The van der Waals surface area contributed by atoms with Crippen LogP contribution in [0, 0.1) is 6.92 Å². The number of nitrogens with zero attached hydrogens (tertiary/aromatic N) is 1. The maximum atomic E-state index is 6.18. The molecular formula is C15H17ClN2O. The third-order valence-corrected chi connectivity index (χ3v) is 3.09. The average molecular weight is 277 g/mol. The molecular weight excluding hydrogens is 260 g/mol. The van der Waals surface area contributed by atoms with Crippen LogP contribution in [0.4, 0.5) is 0 Å². The highest BCUT2D eigenvalue weighted by atomic mass is 35.5. The maximum Gasteiger partial charge on any atom is 0.155 e. The predicted molar refractivity (Wildman–Crippen MR) is 77.4 cm³/mol. The van der Waals surface area contributed by atoms with Gasteiger partial charge in [0.1, 0.15) is 5.75 Å². The van der Waals surface area contributed by atoms with Crippen molar-refractivity contribution in [3.8, 4) is 5.75 Å². The lowest BCUT2D eigenvalue weighted by Crippen LogP contribution is -2.29. The molecule has 0 aliphatic heterocycles. The molecule has 0 radical (unpaired) electrons. The normalized spacial score (nSPS) is 13.9. The zero-order chi connectivity index (χ0) is 13.8. The van der Waals surface area contributed by atoms with Gasteiger partial charge in [0.05, 0.1) is 10.7 Å². The van der Waals surface area contributed by atoms with Gasteiger partial charge in [-0.05, 0) is 43.7 Å². The minimum Gasteiger partial charge on any atom is -0.481 e. The zero-order valence-electron chi connectivity index (χ0n) is 11.0. The molecule has 100 valence electrons. The van der Waals surface area contributed by atoms with Crippen LogP contribution in [0.5, 0.6) is 5.75 Å². The summed E-state index contributed by atoms with van der Waals surface area (Å²) in [6.45, 7) is 3.87. The van der Waals surface area contributed by atoms with E-state index in [9.17, 15) is 0 Å². The molecule has 0 amide bonds. The van der Waals surface area contributed by atoms with E-state index in [1.165, 1.54) is 0 Å². The van der Waals surface area contributed by atoms with Gasteiger partial charge in [-0.25, -0.2) is 0 Å². The molecule has 1 heterocycles. The highest BCUT2D eigenvalue weighted by Gasteiger charge is 2.20. The first-order valence-corrected chi connectivity index (χ1v) is 6.55. The van der Waals surface area contributed by atoms with Crippen molar-refractivity contribution in [2.24, 2.45) is 5.73 Å². The summed E-state index contributed by atoms with van der Waals surface area (Å²) in [6.07, 6.45) is 1.41. The quantitative estimate of drug-likeness (QED) is 0.930. The van der Waals surface area contributed by atoms with E-state index in [1.54, 1.807) is 6.20 Å². The van der Waals surface area contributed by atoms with Crippen LogP contribution < -0.4 is 10.5 Å². The first kappa shape index (κ1) is 13.8. The minimum absolute atomic E-state index is 0.188. The van der Waals surface area contributed by atoms with E-state index < -0.39 is 0 Å². The van der Waals surface area contributed by atoms with Crippen LogP contribution in [0.1, 0.15) is 24.3 Å². The second-order valence-corrected chi connectivity index (χ2v) is 4.99. The Hall–Kier alpha value is -1.58. The Morgan fingerprint density at radius 1 is 1.26 bits per heavy atom. The molecule has 0 saturated carbocycles. The Labute approximate surface area is 118 Å². The summed E-state index contributed by atoms with van der Waals surface area (Å²) in [5, 5.41) is 0.585. The molecule has 2 rings (SSSR count). The van der Waals surface area contributed by atoms with E-state index in [1.807, 2.05) is 50.2 Å².